The Kier molecular flexibility index (Phi) is 7.68. The Bertz CT molecular complexity index is 1120. The Balaban J connectivity index is 1.51. The van der Waals surface area contributed by atoms with Crippen LogP contribution in [0.3, 0.4) is 0 Å². The summed E-state index contributed by atoms with van der Waals surface area (Å²) in [6, 6.07) is 16.0. The molecule has 0 spiro atoms. The molecule has 1 aliphatic heterocycles. The highest BCUT2D eigenvalue weighted by Gasteiger charge is 2.29. The second-order valence-electron chi connectivity index (χ2n) is 9.09. The number of anilines is 1. The van der Waals surface area contributed by atoms with Crippen molar-refractivity contribution in [1.29, 1.82) is 0 Å². The summed E-state index contributed by atoms with van der Waals surface area (Å²) in [5.41, 5.74) is 2.98. The van der Waals surface area contributed by atoms with Crippen LogP contribution in [0.2, 0.25) is 5.02 Å². The van der Waals surface area contributed by atoms with E-state index in [0.717, 1.165) is 36.3 Å². The molecule has 0 amide bonds. The van der Waals surface area contributed by atoms with Gasteiger partial charge in [0.25, 0.3) is 0 Å². The molecule has 1 aromatic heterocycles. The lowest BCUT2D eigenvalue weighted by Crippen LogP contribution is -2.25. The van der Waals surface area contributed by atoms with Crippen molar-refractivity contribution >= 4 is 23.5 Å². The number of carbonyl (C=O) groups is 1. The highest BCUT2D eigenvalue weighted by atomic mass is 35.5. The average Bonchev–Trinajstić information content (AvgIpc) is 3.32. The smallest absolute Gasteiger partial charge is 0.339 e. The largest absolute Gasteiger partial charge is 0.493 e. The number of halogens is 1. The SMILES string of the molecule is CC(C)COc1ccc(CCc2nc(N3CCCC3c3ccc(Cl)cc3)ncc2C(=O)O)cc1. The fourth-order valence-electron chi connectivity index (χ4n) is 4.23. The van der Waals surface area contributed by atoms with E-state index in [1.807, 2.05) is 48.5 Å². The number of aryl methyl sites for hydroxylation is 2. The van der Waals surface area contributed by atoms with E-state index in [-0.39, 0.29) is 11.6 Å². The Labute approximate surface area is 205 Å². The van der Waals surface area contributed by atoms with E-state index in [1.165, 1.54) is 6.20 Å². The van der Waals surface area contributed by atoms with Crippen molar-refractivity contribution < 1.29 is 14.6 Å². The molecule has 3 aromatic rings. The van der Waals surface area contributed by atoms with Gasteiger partial charge in [-0.15, -0.1) is 0 Å². The molecular weight excluding hydrogens is 450 g/mol. The Morgan fingerprint density at radius 2 is 1.88 bits per heavy atom. The number of carboxylic acids is 1. The molecule has 6 nitrogen and oxygen atoms in total. The number of hydrogen-bond donors (Lipinski definition) is 1. The molecule has 0 aliphatic carbocycles. The van der Waals surface area contributed by atoms with Gasteiger partial charge in [-0.05, 0) is 67.0 Å². The van der Waals surface area contributed by atoms with Gasteiger partial charge in [0.1, 0.15) is 5.75 Å². The summed E-state index contributed by atoms with van der Waals surface area (Å²) in [4.78, 5) is 23.2. The molecule has 2 aromatic carbocycles. The lowest BCUT2D eigenvalue weighted by atomic mass is 10.0. The molecule has 0 saturated carbocycles. The highest BCUT2D eigenvalue weighted by molar-refractivity contribution is 6.30. The summed E-state index contributed by atoms with van der Waals surface area (Å²) in [6.07, 6.45) is 4.66. The van der Waals surface area contributed by atoms with Gasteiger partial charge in [0.2, 0.25) is 5.95 Å². The predicted molar refractivity (Wildman–Crippen MR) is 134 cm³/mol. The van der Waals surface area contributed by atoms with Crippen molar-refractivity contribution in [3.63, 3.8) is 0 Å². The fraction of sp³-hybridized carbons (Fsp3) is 0.370. The number of carboxylic acid groups (broad SMARTS) is 1. The molecule has 0 bridgehead atoms. The normalized spacial score (nSPS) is 15.6. The molecule has 1 aliphatic rings. The van der Waals surface area contributed by atoms with E-state index in [1.54, 1.807) is 0 Å². The van der Waals surface area contributed by atoms with Crippen LogP contribution in [-0.4, -0.2) is 34.2 Å². The maximum atomic E-state index is 11.8. The van der Waals surface area contributed by atoms with Gasteiger partial charge in [0.05, 0.1) is 23.9 Å². The van der Waals surface area contributed by atoms with Crippen molar-refractivity contribution in [2.75, 3.05) is 18.1 Å². The average molecular weight is 480 g/mol. The van der Waals surface area contributed by atoms with Crippen LogP contribution in [0.25, 0.3) is 0 Å². The number of hydrogen-bond acceptors (Lipinski definition) is 5. The summed E-state index contributed by atoms with van der Waals surface area (Å²) in [6.45, 7) is 5.74. The molecule has 1 saturated heterocycles. The molecule has 1 fully saturated rings. The molecule has 178 valence electrons. The van der Waals surface area contributed by atoms with Gasteiger partial charge in [-0.3, -0.25) is 0 Å². The lowest BCUT2D eigenvalue weighted by molar-refractivity contribution is 0.0694. The second kappa shape index (κ2) is 10.9. The van der Waals surface area contributed by atoms with Gasteiger partial charge >= 0.3 is 5.97 Å². The van der Waals surface area contributed by atoms with E-state index in [0.29, 0.717) is 42.0 Å². The molecule has 1 N–H and O–H groups in total. The second-order valence-corrected chi connectivity index (χ2v) is 9.52. The summed E-state index contributed by atoms with van der Waals surface area (Å²) in [7, 11) is 0. The van der Waals surface area contributed by atoms with E-state index in [9.17, 15) is 9.90 Å². The predicted octanol–water partition coefficient (Wildman–Crippen LogP) is 5.99. The van der Waals surface area contributed by atoms with Gasteiger partial charge in [0, 0.05) is 17.8 Å². The molecule has 34 heavy (non-hydrogen) atoms. The van der Waals surface area contributed by atoms with Crippen LogP contribution in [0, 0.1) is 5.92 Å². The van der Waals surface area contributed by atoms with Crippen LogP contribution in [0.1, 0.15) is 59.9 Å². The van der Waals surface area contributed by atoms with Crippen molar-refractivity contribution in [2.24, 2.45) is 5.92 Å². The van der Waals surface area contributed by atoms with Crippen molar-refractivity contribution in [1.82, 2.24) is 9.97 Å². The zero-order chi connectivity index (χ0) is 24.1. The third-order valence-electron chi connectivity index (χ3n) is 6.01. The van der Waals surface area contributed by atoms with E-state index in [4.69, 9.17) is 21.3 Å². The summed E-state index contributed by atoms with van der Waals surface area (Å²) < 4.78 is 5.75. The monoisotopic (exact) mass is 479 g/mol. The summed E-state index contributed by atoms with van der Waals surface area (Å²) in [5.74, 6) is 0.885. The van der Waals surface area contributed by atoms with Crippen LogP contribution in [0.15, 0.2) is 54.7 Å². The topological polar surface area (TPSA) is 75.5 Å². The Morgan fingerprint density at radius 1 is 1.15 bits per heavy atom. The molecule has 1 unspecified atom stereocenters. The van der Waals surface area contributed by atoms with Crippen LogP contribution >= 0.6 is 11.6 Å². The van der Waals surface area contributed by atoms with E-state index >= 15 is 0 Å². The number of benzene rings is 2. The van der Waals surface area contributed by atoms with Crippen LogP contribution in [-0.2, 0) is 12.8 Å². The molecule has 2 heterocycles. The number of ether oxygens (including phenoxy) is 1. The molecule has 7 heteroatoms. The minimum Gasteiger partial charge on any atom is -0.493 e. The van der Waals surface area contributed by atoms with E-state index in [2.05, 4.69) is 23.7 Å². The number of aromatic nitrogens is 2. The number of nitrogens with zero attached hydrogens (tertiary/aromatic N) is 3. The van der Waals surface area contributed by atoms with Gasteiger partial charge in [0.15, 0.2) is 0 Å². The first-order valence-electron chi connectivity index (χ1n) is 11.7. The van der Waals surface area contributed by atoms with Crippen LogP contribution in [0.4, 0.5) is 5.95 Å². The van der Waals surface area contributed by atoms with Gasteiger partial charge in [-0.1, -0.05) is 49.7 Å². The Hall–Kier alpha value is -3.12. The molecule has 1 atom stereocenters. The standard InChI is InChI=1S/C27H30ClN3O3/c1-18(2)17-34-22-12-5-19(6-13-22)7-14-24-23(26(32)33)16-29-27(30-24)31-15-3-4-25(31)20-8-10-21(28)11-9-20/h5-6,8-13,16,18,25H,3-4,7,14-15,17H2,1-2H3,(H,32,33). The van der Waals surface area contributed by atoms with E-state index < -0.39 is 5.97 Å². The third-order valence-corrected chi connectivity index (χ3v) is 6.26. The molecular formula is C27H30ClN3O3. The third kappa shape index (κ3) is 5.86. The van der Waals surface area contributed by atoms with Gasteiger partial charge in [-0.2, -0.15) is 0 Å². The van der Waals surface area contributed by atoms with Gasteiger partial charge in [-0.25, -0.2) is 14.8 Å². The first-order valence-corrected chi connectivity index (χ1v) is 12.1. The summed E-state index contributed by atoms with van der Waals surface area (Å²) in [5, 5.41) is 10.4. The number of rotatable bonds is 9. The number of aromatic carboxylic acids is 1. The minimum atomic E-state index is -1.00. The first kappa shape index (κ1) is 24.0. The zero-order valence-corrected chi connectivity index (χ0v) is 20.3. The van der Waals surface area contributed by atoms with Crippen LogP contribution < -0.4 is 9.64 Å². The first-order chi connectivity index (χ1) is 16.4. The Morgan fingerprint density at radius 3 is 2.56 bits per heavy atom. The van der Waals surface area contributed by atoms with Crippen LogP contribution in [0.5, 0.6) is 5.75 Å². The van der Waals surface area contributed by atoms with Crippen molar-refractivity contribution in [2.45, 2.75) is 45.6 Å². The zero-order valence-electron chi connectivity index (χ0n) is 19.6. The molecule has 0 radical (unpaired) electrons. The van der Waals surface area contributed by atoms with Crippen molar-refractivity contribution in [3.8, 4) is 5.75 Å². The quantitative estimate of drug-likeness (QED) is 0.406. The fourth-order valence-corrected chi connectivity index (χ4v) is 4.36. The maximum Gasteiger partial charge on any atom is 0.339 e. The molecule has 4 rings (SSSR count). The van der Waals surface area contributed by atoms with Gasteiger partial charge < -0.3 is 14.7 Å². The minimum absolute atomic E-state index is 0.152. The summed E-state index contributed by atoms with van der Waals surface area (Å²) >= 11 is 6.06. The van der Waals surface area contributed by atoms with Crippen molar-refractivity contribution in [3.05, 3.63) is 82.1 Å². The maximum absolute atomic E-state index is 11.8. The highest BCUT2D eigenvalue weighted by Crippen LogP contribution is 2.35. The lowest BCUT2D eigenvalue weighted by Gasteiger charge is -2.25.